The molecule has 0 saturated heterocycles. The van der Waals surface area contributed by atoms with E-state index in [1.165, 1.54) is 18.4 Å². The maximum atomic E-state index is 11.7. The second-order valence-corrected chi connectivity index (χ2v) is 6.50. The Morgan fingerprint density at radius 2 is 2.08 bits per heavy atom. The Morgan fingerprint density at radius 1 is 1.29 bits per heavy atom. The SMILES string of the molecule is CNc1cc(CC(NC(C)=O)c2cccc(C)c2)nc(C2CC2)n1. The zero-order valence-corrected chi connectivity index (χ0v) is 14.5. The van der Waals surface area contributed by atoms with E-state index in [1.54, 1.807) is 6.92 Å². The van der Waals surface area contributed by atoms with Crippen LogP contribution in [0.2, 0.25) is 0 Å². The van der Waals surface area contributed by atoms with E-state index >= 15 is 0 Å². The molecule has 0 bridgehead atoms. The molecule has 1 unspecified atom stereocenters. The normalized spacial score (nSPS) is 15.0. The molecular weight excluding hydrogens is 300 g/mol. The van der Waals surface area contributed by atoms with Crippen molar-refractivity contribution < 1.29 is 4.79 Å². The fraction of sp³-hybridized carbons (Fsp3) is 0.421. The van der Waals surface area contributed by atoms with Crippen LogP contribution >= 0.6 is 0 Å². The number of aryl methyl sites for hydroxylation is 1. The van der Waals surface area contributed by atoms with Crippen LogP contribution in [0.3, 0.4) is 0 Å². The lowest BCUT2D eigenvalue weighted by Gasteiger charge is -2.19. The molecule has 2 N–H and O–H groups in total. The van der Waals surface area contributed by atoms with Crippen molar-refractivity contribution in [1.29, 1.82) is 0 Å². The number of nitrogens with one attached hydrogen (secondary N) is 2. The number of carbonyl (C=O) groups is 1. The van der Waals surface area contributed by atoms with Gasteiger partial charge in [0.2, 0.25) is 5.91 Å². The molecule has 3 rings (SSSR count). The van der Waals surface area contributed by atoms with E-state index in [1.807, 2.05) is 19.2 Å². The van der Waals surface area contributed by atoms with Crippen molar-refractivity contribution in [3.63, 3.8) is 0 Å². The Kier molecular flexibility index (Phi) is 4.79. The van der Waals surface area contributed by atoms with Crippen molar-refractivity contribution in [2.24, 2.45) is 0 Å². The lowest BCUT2D eigenvalue weighted by molar-refractivity contribution is -0.119. The predicted molar refractivity (Wildman–Crippen MR) is 95.0 cm³/mol. The van der Waals surface area contributed by atoms with Gasteiger partial charge in [-0.1, -0.05) is 29.8 Å². The van der Waals surface area contributed by atoms with Gasteiger partial charge in [0.05, 0.1) is 6.04 Å². The number of amides is 1. The molecule has 0 spiro atoms. The zero-order chi connectivity index (χ0) is 17.1. The van der Waals surface area contributed by atoms with Gasteiger partial charge in [-0.3, -0.25) is 4.79 Å². The number of rotatable bonds is 6. The number of carbonyl (C=O) groups excluding carboxylic acids is 1. The van der Waals surface area contributed by atoms with Crippen molar-refractivity contribution >= 4 is 11.7 Å². The van der Waals surface area contributed by atoms with Crippen molar-refractivity contribution in [1.82, 2.24) is 15.3 Å². The lowest BCUT2D eigenvalue weighted by atomic mass is 9.99. The van der Waals surface area contributed by atoms with Gasteiger partial charge in [0.25, 0.3) is 0 Å². The molecule has 1 aromatic carbocycles. The van der Waals surface area contributed by atoms with Gasteiger partial charge >= 0.3 is 0 Å². The summed E-state index contributed by atoms with van der Waals surface area (Å²) in [6.45, 7) is 3.61. The first kappa shape index (κ1) is 16.4. The molecule has 0 radical (unpaired) electrons. The molecule has 1 amide bonds. The first-order valence-corrected chi connectivity index (χ1v) is 8.44. The van der Waals surface area contributed by atoms with Crippen molar-refractivity contribution in [3.05, 3.63) is 53.0 Å². The minimum atomic E-state index is -0.0888. The molecule has 1 atom stereocenters. The zero-order valence-electron chi connectivity index (χ0n) is 14.5. The van der Waals surface area contributed by atoms with Crippen LogP contribution in [-0.2, 0) is 11.2 Å². The molecule has 1 aliphatic carbocycles. The van der Waals surface area contributed by atoms with E-state index in [4.69, 9.17) is 4.98 Å². The van der Waals surface area contributed by atoms with Crippen LogP contribution in [0.5, 0.6) is 0 Å². The van der Waals surface area contributed by atoms with E-state index in [0.29, 0.717) is 12.3 Å². The van der Waals surface area contributed by atoms with Crippen LogP contribution in [0.25, 0.3) is 0 Å². The lowest BCUT2D eigenvalue weighted by Crippen LogP contribution is -2.28. The van der Waals surface area contributed by atoms with Crippen LogP contribution < -0.4 is 10.6 Å². The van der Waals surface area contributed by atoms with Crippen LogP contribution in [0.4, 0.5) is 5.82 Å². The van der Waals surface area contributed by atoms with Crippen molar-refractivity contribution in [2.75, 3.05) is 12.4 Å². The average Bonchev–Trinajstić information content (AvgIpc) is 3.38. The van der Waals surface area contributed by atoms with Crippen molar-refractivity contribution in [3.8, 4) is 0 Å². The van der Waals surface area contributed by atoms with Crippen LogP contribution in [0.1, 0.15) is 54.4 Å². The fourth-order valence-corrected chi connectivity index (χ4v) is 2.87. The topological polar surface area (TPSA) is 66.9 Å². The Balaban J connectivity index is 1.89. The highest BCUT2D eigenvalue weighted by molar-refractivity contribution is 5.73. The molecule has 2 aromatic rings. The first-order valence-electron chi connectivity index (χ1n) is 8.44. The summed E-state index contributed by atoms with van der Waals surface area (Å²) in [7, 11) is 1.87. The van der Waals surface area contributed by atoms with Gasteiger partial charge in [-0.25, -0.2) is 9.97 Å². The predicted octanol–water partition coefficient (Wildman–Crippen LogP) is 3.12. The molecule has 1 aromatic heterocycles. The highest BCUT2D eigenvalue weighted by Gasteiger charge is 2.27. The second kappa shape index (κ2) is 6.99. The number of aromatic nitrogens is 2. The van der Waals surface area contributed by atoms with E-state index in [2.05, 4.69) is 40.7 Å². The fourth-order valence-electron chi connectivity index (χ4n) is 2.87. The smallest absolute Gasteiger partial charge is 0.217 e. The summed E-state index contributed by atoms with van der Waals surface area (Å²) in [6.07, 6.45) is 2.99. The largest absolute Gasteiger partial charge is 0.373 e. The third-order valence-corrected chi connectivity index (χ3v) is 4.23. The van der Waals surface area contributed by atoms with E-state index < -0.39 is 0 Å². The van der Waals surface area contributed by atoms with Gasteiger partial charge in [0, 0.05) is 38.1 Å². The van der Waals surface area contributed by atoms with E-state index in [-0.39, 0.29) is 11.9 Å². The van der Waals surface area contributed by atoms with E-state index in [0.717, 1.165) is 22.9 Å². The van der Waals surface area contributed by atoms with Gasteiger partial charge in [-0.2, -0.15) is 0 Å². The molecule has 1 saturated carbocycles. The third kappa shape index (κ3) is 4.10. The summed E-state index contributed by atoms with van der Waals surface area (Å²) in [4.78, 5) is 21.0. The first-order chi connectivity index (χ1) is 11.5. The standard InChI is InChI=1S/C19H24N4O/c1-12-5-4-6-15(9-12)17(21-13(2)24)10-16-11-18(20-3)23-19(22-16)14-7-8-14/h4-6,9,11,14,17H,7-8,10H2,1-3H3,(H,21,24)(H,20,22,23). The average molecular weight is 324 g/mol. The Bertz CT molecular complexity index is 740. The summed E-state index contributed by atoms with van der Waals surface area (Å²) in [5, 5.41) is 6.17. The Labute approximate surface area is 142 Å². The van der Waals surface area contributed by atoms with Gasteiger partial charge in [-0.05, 0) is 25.3 Å². The quantitative estimate of drug-likeness (QED) is 0.857. The molecular formula is C19H24N4O. The minimum absolute atomic E-state index is 0.0354. The summed E-state index contributed by atoms with van der Waals surface area (Å²) in [6, 6.07) is 10.1. The summed E-state index contributed by atoms with van der Waals surface area (Å²) < 4.78 is 0. The highest BCUT2D eigenvalue weighted by atomic mass is 16.1. The monoisotopic (exact) mass is 324 g/mol. The molecule has 1 heterocycles. The molecule has 1 fully saturated rings. The molecule has 24 heavy (non-hydrogen) atoms. The van der Waals surface area contributed by atoms with Gasteiger partial charge in [-0.15, -0.1) is 0 Å². The highest BCUT2D eigenvalue weighted by Crippen LogP contribution is 2.38. The van der Waals surface area contributed by atoms with Gasteiger partial charge in [0.15, 0.2) is 0 Å². The van der Waals surface area contributed by atoms with Crippen LogP contribution in [0, 0.1) is 6.92 Å². The number of nitrogens with zero attached hydrogens (tertiary/aromatic N) is 2. The maximum absolute atomic E-state index is 11.7. The second-order valence-electron chi connectivity index (χ2n) is 6.50. The van der Waals surface area contributed by atoms with E-state index in [9.17, 15) is 4.79 Å². The summed E-state index contributed by atoms with van der Waals surface area (Å²) >= 11 is 0. The third-order valence-electron chi connectivity index (χ3n) is 4.23. The van der Waals surface area contributed by atoms with Gasteiger partial charge in [0.1, 0.15) is 11.6 Å². The Morgan fingerprint density at radius 3 is 2.71 bits per heavy atom. The van der Waals surface area contributed by atoms with Crippen LogP contribution in [-0.4, -0.2) is 22.9 Å². The molecule has 126 valence electrons. The number of anilines is 1. The number of hydrogen-bond acceptors (Lipinski definition) is 4. The maximum Gasteiger partial charge on any atom is 0.217 e. The molecule has 5 heteroatoms. The molecule has 1 aliphatic rings. The van der Waals surface area contributed by atoms with Crippen molar-refractivity contribution in [2.45, 2.75) is 45.1 Å². The molecule has 5 nitrogen and oxygen atoms in total. The van der Waals surface area contributed by atoms with Gasteiger partial charge < -0.3 is 10.6 Å². The number of hydrogen-bond donors (Lipinski definition) is 2. The minimum Gasteiger partial charge on any atom is -0.373 e. The number of benzene rings is 1. The summed E-state index contributed by atoms with van der Waals surface area (Å²) in [5.74, 6) is 2.22. The summed E-state index contributed by atoms with van der Waals surface area (Å²) in [5.41, 5.74) is 3.24. The molecule has 0 aliphatic heterocycles. The Hall–Kier alpha value is -2.43. The van der Waals surface area contributed by atoms with Crippen LogP contribution in [0.15, 0.2) is 30.3 Å².